The van der Waals surface area contributed by atoms with E-state index in [9.17, 15) is 15.0 Å². The summed E-state index contributed by atoms with van der Waals surface area (Å²) >= 11 is 0. The molecule has 2 N–H and O–H groups in total. The molecule has 6 nitrogen and oxygen atoms in total. The summed E-state index contributed by atoms with van der Waals surface area (Å²) in [4.78, 5) is 11.1. The van der Waals surface area contributed by atoms with E-state index < -0.39 is 36.2 Å². The SMILES string of the molecule is CC1(C)OC[C@H]2OC(=O)[C@H](O)[C@@H](O)[C@@H]2O1. The number of fused-ring (bicyclic) bond motifs is 1. The van der Waals surface area contributed by atoms with Gasteiger partial charge < -0.3 is 24.4 Å². The van der Waals surface area contributed by atoms with Gasteiger partial charge in [-0.1, -0.05) is 0 Å². The molecule has 0 aliphatic carbocycles. The van der Waals surface area contributed by atoms with Crippen LogP contribution in [0.5, 0.6) is 0 Å². The summed E-state index contributed by atoms with van der Waals surface area (Å²) in [7, 11) is 0. The Hall–Kier alpha value is -0.690. The smallest absolute Gasteiger partial charge is 0.338 e. The minimum Gasteiger partial charge on any atom is -0.455 e. The average Bonchev–Trinajstić information content (AvgIpc) is 2.16. The lowest BCUT2D eigenvalue weighted by atomic mass is 9.98. The first-order valence-electron chi connectivity index (χ1n) is 4.79. The maximum Gasteiger partial charge on any atom is 0.338 e. The third-order valence-electron chi connectivity index (χ3n) is 2.55. The number of ether oxygens (including phenoxy) is 3. The van der Waals surface area contributed by atoms with Gasteiger partial charge in [0, 0.05) is 0 Å². The van der Waals surface area contributed by atoms with E-state index in [1.54, 1.807) is 13.8 Å². The predicted molar refractivity (Wildman–Crippen MR) is 46.8 cm³/mol. The molecule has 0 amide bonds. The van der Waals surface area contributed by atoms with Crippen LogP contribution in [-0.4, -0.2) is 53.0 Å². The quantitative estimate of drug-likeness (QED) is 0.496. The summed E-state index contributed by atoms with van der Waals surface area (Å²) in [5, 5.41) is 19.0. The molecule has 0 saturated carbocycles. The number of hydrogen-bond donors (Lipinski definition) is 2. The van der Waals surface area contributed by atoms with Crippen LogP contribution in [0.2, 0.25) is 0 Å². The minimum absolute atomic E-state index is 0.160. The fourth-order valence-electron chi connectivity index (χ4n) is 1.74. The highest BCUT2D eigenvalue weighted by atomic mass is 16.7. The van der Waals surface area contributed by atoms with Crippen molar-refractivity contribution in [2.45, 2.75) is 44.1 Å². The minimum atomic E-state index is -1.54. The Balaban J connectivity index is 2.15. The largest absolute Gasteiger partial charge is 0.455 e. The highest BCUT2D eigenvalue weighted by molar-refractivity contribution is 5.76. The summed E-state index contributed by atoms with van der Waals surface area (Å²) in [6.45, 7) is 3.55. The van der Waals surface area contributed by atoms with E-state index in [-0.39, 0.29) is 6.61 Å². The van der Waals surface area contributed by atoms with Gasteiger partial charge in [-0.05, 0) is 13.8 Å². The maximum absolute atomic E-state index is 11.1. The first-order valence-corrected chi connectivity index (χ1v) is 4.79. The van der Waals surface area contributed by atoms with Crippen molar-refractivity contribution >= 4 is 5.97 Å². The van der Waals surface area contributed by atoms with Crippen molar-refractivity contribution in [3.05, 3.63) is 0 Å². The van der Waals surface area contributed by atoms with Crippen molar-refractivity contribution in [3.63, 3.8) is 0 Å². The number of hydrogen-bond acceptors (Lipinski definition) is 6. The van der Waals surface area contributed by atoms with E-state index in [2.05, 4.69) is 0 Å². The summed E-state index contributed by atoms with van der Waals surface area (Å²) in [5.41, 5.74) is 0. The van der Waals surface area contributed by atoms with Crippen LogP contribution in [0.4, 0.5) is 0 Å². The lowest BCUT2D eigenvalue weighted by Crippen LogP contribution is -2.63. The van der Waals surface area contributed by atoms with Crippen molar-refractivity contribution in [1.29, 1.82) is 0 Å². The Morgan fingerprint density at radius 2 is 2.07 bits per heavy atom. The zero-order valence-corrected chi connectivity index (χ0v) is 8.54. The molecule has 4 atom stereocenters. The molecule has 2 aliphatic rings. The topological polar surface area (TPSA) is 85.2 Å². The van der Waals surface area contributed by atoms with E-state index >= 15 is 0 Å². The second-order valence-electron chi connectivity index (χ2n) is 4.20. The van der Waals surface area contributed by atoms with Crippen LogP contribution < -0.4 is 0 Å². The van der Waals surface area contributed by atoms with Crippen LogP contribution in [-0.2, 0) is 19.0 Å². The molecule has 0 aromatic heterocycles. The molecule has 2 saturated heterocycles. The monoisotopic (exact) mass is 218 g/mol. The van der Waals surface area contributed by atoms with E-state index in [0.717, 1.165) is 0 Å². The van der Waals surface area contributed by atoms with Gasteiger partial charge in [0.1, 0.15) is 12.2 Å². The van der Waals surface area contributed by atoms with Crippen LogP contribution in [0.25, 0.3) is 0 Å². The van der Waals surface area contributed by atoms with Gasteiger partial charge in [0.15, 0.2) is 18.0 Å². The van der Waals surface area contributed by atoms with Crippen LogP contribution >= 0.6 is 0 Å². The fraction of sp³-hybridized carbons (Fsp3) is 0.889. The molecule has 0 spiro atoms. The third kappa shape index (κ3) is 1.85. The highest BCUT2D eigenvalue weighted by Gasteiger charge is 2.50. The average molecular weight is 218 g/mol. The number of carbonyl (C=O) groups excluding carboxylic acids is 1. The lowest BCUT2D eigenvalue weighted by Gasteiger charge is -2.45. The highest BCUT2D eigenvalue weighted by Crippen LogP contribution is 2.30. The van der Waals surface area contributed by atoms with Gasteiger partial charge in [0.25, 0.3) is 0 Å². The van der Waals surface area contributed by atoms with E-state index in [1.807, 2.05) is 0 Å². The van der Waals surface area contributed by atoms with Gasteiger partial charge in [-0.3, -0.25) is 0 Å². The molecule has 2 heterocycles. The zero-order valence-electron chi connectivity index (χ0n) is 8.54. The second kappa shape index (κ2) is 3.41. The number of esters is 1. The van der Waals surface area contributed by atoms with Gasteiger partial charge in [-0.25, -0.2) is 4.79 Å². The lowest BCUT2D eigenvalue weighted by molar-refractivity contribution is -0.336. The first-order chi connectivity index (χ1) is 6.91. The summed E-state index contributed by atoms with van der Waals surface area (Å²) in [6, 6.07) is 0. The Morgan fingerprint density at radius 1 is 1.40 bits per heavy atom. The number of rotatable bonds is 0. The van der Waals surface area contributed by atoms with Crippen molar-refractivity contribution in [2.24, 2.45) is 0 Å². The van der Waals surface area contributed by atoms with Crippen molar-refractivity contribution in [2.75, 3.05) is 6.61 Å². The molecule has 2 aliphatic heterocycles. The molecule has 2 fully saturated rings. The van der Waals surface area contributed by atoms with E-state index in [1.165, 1.54) is 0 Å². The van der Waals surface area contributed by atoms with Gasteiger partial charge in [0.2, 0.25) is 0 Å². The molecule has 86 valence electrons. The number of carbonyl (C=O) groups is 1. The van der Waals surface area contributed by atoms with Crippen LogP contribution in [0.15, 0.2) is 0 Å². The summed E-state index contributed by atoms with van der Waals surface area (Å²) in [6.07, 6.45) is -4.19. The summed E-state index contributed by atoms with van der Waals surface area (Å²) in [5.74, 6) is -1.68. The van der Waals surface area contributed by atoms with Crippen molar-refractivity contribution in [1.82, 2.24) is 0 Å². The third-order valence-corrected chi connectivity index (χ3v) is 2.55. The molecule has 0 bridgehead atoms. The summed E-state index contributed by atoms with van der Waals surface area (Å²) < 4.78 is 15.5. The Kier molecular flexibility index (Phi) is 2.46. The van der Waals surface area contributed by atoms with Gasteiger partial charge in [-0.2, -0.15) is 0 Å². The van der Waals surface area contributed by atoms with E-state index in [0.29, 0.717) is 0 Å². The van der Waals surface area contributed by atoms with Crippen LogP contribution in [0.3, 0.4) is 0 Å². The Morgan fingerprint density at radius 3 is 2.73 bits per heavy atom. The van der Waals surface area contributed by atoms with Gasteiger partial charge in [-0.15, -0.1) is 0 Å². The van der Waals surface area contributed by atoms with Crippen molar-refractivity contribution < 1.29 is 29.2 Å². The molecule has 0 radical (unpaired) electrons. The van der Waals surface area contributed by atoms with Crippen molar-refractivity contribution in [3.8, 4) is 0 Å². The van der Waals surface area contributed by atoms with Gasteiger partial charge >= 0.3 is 5.97 Å². The second-order valence-corrected chi connectivity index (χ2v) is 4.20. The molecular formula is C9H14O6. The predicted octanol–water partition coefficient (Wildman–Crippen LogP) is -1.21. The zero-order chi connectivity index (χ0) is 11.2. The van der Waals surface area contributed by atoms with E-state index in [4.69, 9.17) is 14.2 Å². The maximum atomic E-state index is 11.1. The Labute approximate surface area is 86.7 Å². The molecule has 15 heavy (non-hydrogen) atoms. The van der Waals surface area contributed by atoms with Crippen LogP contribution in [0, 0.1) is 0 Å². The molecule has 0 aromatic rings. The van der Waals surface area contributed by atoms with Crippen LogP contribution in [0.1, 0.15) is 13.8 Å². The molecule has 6 heteroatoms. The van der Waals surface area contributed by atoms with Gasteiger partial charge in [0.05, 0.1) is 6.61 Å². The normalized spacial score (nSPS) is 44.4. The first kappa shape index (κ1) is 10.8. The molecular weight excluding hydrogens is 204 g/mol. The number of aliphatic hydroxyl groups excluding tert-OH is 2. The standard InChI is InChI=1S/C9H14O6/c1-9(2)13-3-4-7(15-9)5(10)6(11)8(12)14-4/h4-7,10-11H,3H2,1-2H3/t4-,5-,6-,7-/m1/s1. The number of aliphatic hydroxyl groups is 2. The Bertz CT molecular complexity index is 274. The molecule has 2 rings (SSSR count). The molecule has 0 aromatic carbocycles. The molecule has 0 unspecified atom stereocenters. The fourth-order valence-corrected chi connectivity index (χ4v) is 1.74.